The van der Waals surface area contributed by atoms with Gasteiger partial charge in [-0.1, -0.05) is 25.0 Å². The van der Waals surface area contributed by atoms with E-state index >= 15 is 0 Å². The molecule has 1 saturated carbocycles. The minimum absolute atomic E-state index is 0.0807. The van der Waals surface area contributed by atoms with E-state index in [4.69, 9.17) is 14.2 Å². The monoisotopic (exact) mass is 432 g/mol. The van der Waals surface area contributed by atoms with Crippen LogP contribution in [0.15, 0.2) is 24.3 Å². The number of carbonyl (C=O) groups excluding carboxylic acids is 3. The Balaban J connectivity index is 1.45. The first kappa shape index (κ1) is 22.9. The molecule has 0 radical (unpaired) electrons. The van der Waals surface area contributed by atoms with E-state index in [1.54, 1.807) is 0 Å². The van der Waals surface area contributed by atoms with Crippen molar-refractivity contribution in [2.75, 3.05) is 19.8 Å². The predicted octanol–water partition coefficient (Wildman–Crippen LogP) is 2.35. The average Bonchev–Trinajstić information content (AvgIpc) is 3.18. The van der Waals surface area contributed by atoms with Gasteiger partial charge in [0.15, 0.2) is 18.1 Å². The van der Waals surface area contributed by atoms with Crippen LogP contribution in [-0.4, -0.2) is 49.2 Å². The van der Waals surface area contributed by atoms with Gasteiger partial charge in [0, 0.05) is 12.0 Å². The number of esters is 1. The lowest BCUT2D eigenvalue weighted by molar-refractivity contribution is -0.160. The summed E-state index contributed by atoms with van der Waals surface area (Å²) >= 11 is 0. The fourth-order valence-electron chi connectivity index (χ4n) is 4.00. The SMILES string of the molecule is CC(C)(C)NC(=O)CC1(C(=O)OCC(=O)NCC2COc3ccccc3O2)CCCC1. The lowest BCUT2D eigenvalue weighted by Crippen LogP contribution is -2.45. The van der Waals surface area contributed by atoms with E-state index in [-0.39, 0.29) is 37.1 Å². The second-order valence-electron chi connectivity index (χ2n) is 9.34. The van der Waals surface area contributed by atoms with Crippen LogP contribution in [0, 0.1) is 5.41 Å². The third-order valence-electron chi connectivity index (χ3n) is 5.44. The van der Waals surface area contributed by atoms with E-state index in [0.29, 0.717) is 30.9 Å². The lowest BCUT2D eigenvalue weighted by Gasteiger charge is -2.28. The number of benzene rings is 1. The van der Waals surface area contributed by atoms with Crippen LogP contribution >= 0.6 is 0 Å². The van der Waals surface area contributed by atoms with Gasteiger partial charge in [-0.15, -0.1) is 0 Å². The zero-order valence-electron chi connectivity index (χ0n) is 18.5. The number of hydrogen-bond acceptors (Lipinski definition) is 6. The van der Waals surface area contributed by atoms with Gasteiger partial charge in [0.2, 0.25) is 5.91 Å². The molecule has 2 aliphatic rings. The summed E-state index contributed by atoms with van der Waals surface area (Å²) in [5.74, 6) is 0.247. The molecule has 1 aliphatic carbocycles. The number of ether oxygens (including phenoxy) is 3. The molecule has 1 unspecified atom stereocenters. The molecule has 1 aromatic rings. The van der Waals surface area contributed by atoms with Crippen LogP contribution < -0.4 is 20.1 Å². The molecule has 8 nitrogen and oxygen atoms in total. The molecule has 0 bridgehead atoms. The molecule has 0 spiro atoms. The van der Waals surface area contributed by atoms with Gasteiger partial charge in [-0.2, -0.15) is 0 Å². The summed E-state index contributed by atoms with van der Waals surface area (Å²) in [5, 5.41) is 5.62. The van der Waals surface area contributed by atoms with Gasteiger partial charge in [-0.25, -0.2) is 0 Å². The summed E-state index contributed by atoms with van der Waals surface area (Å²) in [4.78, 5) is 37.4. The van der Waals surface area contributed by atoms with Crippen molar-refractivity contribution >= 4 is 17.8 Å². The Kier molecular flexibility index (Phi) is 7.08. The summed E-state index contributed by atoms with van der Waals surface area (Å²) in [6.45, 7) is 5.87. The van der Waals surface area contributed by atoms with Gasteiger partial charge in [0.1, 0.15) is 12.7 Å². The number of nitrogens with one attached hydrogen (secondary N) is 2. The zero-order valence-corrected chi connectivity index (χ0v) is 18.5. The second kappa shape index (κ2) is 9.58. The quantitative estimate of drug-likeness (QED) is 0.641. The highest BCUT2D eigenvalue weighted by Crippen LogP contribution is 2.42. The number of hydrogen-bond donors (Lipinski definition) is 2. The Morgan fingerprint density at radius 3 is 2.45 bits per heavy atom. The molecule has 1 aliphatic heterocycles. The van der Waals surface area contributed by atoms with Crippen LogP contribution in [-0.2, 0) is 19.1 Å². The van der Waals surface area contributed by atoms with Crippen LogP contribution in [0.5, 0.6) is 11.5 Å². The summed E-state index contributed by atoms with van der Waals surface area (Å²) in [6, 6.07) is 7.35. The Hall–Kier alpha value is -2.77. The molecule has 1 heterocycles. The lowest BCUT2D eigenvalue weighted by atomic mass is 9.82. The van der Waals surface area contributed by atoms with Gasteiger partial charge in [0.05, 0.1) is 12.0 Å². The summed E-state index contributed by atoms with van der Waals surface area (Å²) in [7, 11) is 0. The smallest absolute Gasteiger partial charge is 0.313 e. The highest BCUT2D eigenvalue weighted by molar-refractivity contribution is 5.88. The first-order chi connectivity index (χ1) is 14.7. The molecule has 2 amide bonds. The maximum absolute atomic E-state index is 12.8. The Labute approximate surface area is 183 Å². The highest BCUT2D eigenvalue weighted by atomic mass is 16.6. The van der Waals surface area contributed by atoms with E-state index in [1.807, 2.05) is 45.0 Å². The van der Waals surface area contributed by atoms with Gasteiger partial charge in [0.25, 0.3) is 5.91 Å². The number of rotatable bonds is 7. The molecule has 1 aromatic carbocycles. The standard InChI is InChI=1S/C23H32N2O6/c1-22(2,3)25-19(26)12-23(10-6-7-11-23)21(28)30-15-20(27)24-13-16-14-29-17-8-4-5-9-18(17)31-16/h4-5,8-9,16H,6-7,10-15H2,1-3H3,(H,24,27)(H,25,26). The van der Waals surface area contributed by atoms with Crippen molar-refractivity contribution in [2.45, 2.75) is 64.5 Å². The van der Waals surface area contributed by atoms with Crippen LogP contribution in [0.4, 0.5) is 0 Å². The van der Waals surface area contributed by atoms with Crippen molar-refractivity contribution in [1.82, 2.24) is 10.6 Å². The Bertz CT molecular complexity index is 811. The maximum atomic E-state index is 12.8. The minimum Gasteiger partial charge on any atom is -0.486 e. The van der Waals surface area contributed by atoms with Gasteiger partial charge >= 0.3 is 5.97 Å². The predicted molar refractivity (Wildman–Crippen MR) is 114 cm³/mol. The number of para-hydroxylation sites is 2. The van der Waals surface area contributed by atoms with Crippen LogP contribution in [0.1, 0.15) is 52.9 Å². The largest absolute Gasteiger partial charge is 0.486 e. The topological polar surface area (TPSA) is 103 Å². The molecule has 1 atom stereocenters. The van der Waals surface area contributed by atoms with Gasteiger partial charge < -0.3 is 24.8 Å². The molecule has 3 rings (SSSR count). The normalized spacial score (nSPS) is 19.4. The van der Waals surface area contributed by atoms with Crippen molar-refractivity contribution in [3.05, 3.63) is 24.3 Å². The van der Waals surface area contributed by atoms with Crippen LogP contribution in [0.25, 0.3) is 0 Å². The number of fused-ring (bicyclic) bond motifs is 1. The van der Waals surface area contributed by atoms with Crippen molar-refractivity contribution in [1.29, 1.82) is 0 Å². The first-order valence-corrected chi connectivity index (χ1v) is 10.8. The summed E-state index contributed by atoms with van der Waals surface area (Å²) in [6.07, 6.45) is 2.68. The third-order valence-corrected chi connectivity index (χ3v) is 5.44. The fourth-order valence-corrected chi connectivity index (χ4v) is 4.00. The number of carbonyl (C=O) groups is 3. The summed E-state index contributed by atoms with van der Waals surface area (Å²) < 4.78 is 16.7. The first-order valence-electron chi connectivity index (χ1n) is 10.8. The molecular formula is C23H32N2O6. The molecule has 0 aromatic heterocycles. The van der Waals surface area contributed by atoms with E-state index in [1.165, 1.54) is 0 Å². The van der Waals surface area contributed by atoms with Gasteiger partial charge in [-0.05, 0) is 45.7 Å². The third kappa shape index (κ3) is 6.35. The van der Waals surface area contributed by atoms with Crippen LogP contribution in [0.2, 0.25) is 0 Å². The Morgan fingerprint density at radius 2 is 1.77 bits per heavy atom. The van der Waals surface area contributed by atoms with Crippen molar-refractivity contribution in [3.8, 4) is 11.5 Å². The maximum Gasteiger partial charge on any atom is 0.313 e. The van der Waals surface area contributed by atoms with E-state index in [0.717, 1.165) is 12.8 Å². The fraction of sp³-hybridized carbons (Fsp3) is 0.609. The molecule has 2 N–H and O–H groups in total. The summed E-state index contributed by atoms with van der Waals surface area (Å²) in [5.41, 5.74) is -1.22. The van der Waals surface area contributed by atoms with Crippen molar-refractivity contribution in [3.63, 3.8) is 0 Å². The Morgan fingerprint density at radius 1 is 1.10 bits per heavy atom. The number of amides is 2. The molecule has 0 saturated heterocycles. The van der Waals surface area contributed by atoms with E-state index < -0.39 is 17.3 Å². The highest BCUT2D eigenvalue weighted by Gasteiger charge is 2.44. The van der Waals surface area contributed by atoms with Gasteiger partial charge in [-0.3, -0.25) is 14.4 Å². The van der Waals surface area contributed by atoms with Crippen molar-refractivity contribution < 1.29 is 28.6 Å². The molecular weight excluding hydrogens is 400 g/mol. The zero-order chi connectivity index (χ0) is 22.5. The minimum atomic E-state index is -0.848. The van der Waals surface area contributed by atoms with E-state index in [9.17, 15) is 14.4 Å². The molecule has 31 heavy (non-hydrogen) atoms. The molecule has 170 valence electrons. The average molecular weight is 433 g/mol. The van der Waals surface area contributed by atoms with E-state index in [2.05, 4.69) is 10.6 Å². The molecule has 8 heteroatoms. The molecule has 1 fully saturated rings. The second-order valence-corrected chi connectivity index (χ2v) is 9.34. The van der Waals surface area contributed by atoms with Crippen molar-refractivity contribution in [2.24, 2.45) is 5.41 Å². The van der Waals surface area contributed by atoms with Crippen LogP contribution in [0.3, 0.4) is 0 Å².